The molecule has 2 amide bonds. The quantitative estimate of drug-likeness (QED) is 0.355. The Balaban J connectivity index is 1.68. The first-order valence-corrected chi connectivity index (χ1v) is 11.5. The van der Waals surface area contributed by atoms with Crippen molar-refractivity contribution < 1.29 is 14.7 Å². The van der Waals surface area contributed by atoms with Gasteiger partial charge in [0.1, 0.15) is 0 Å². The molecule has 0 aromatic heterocycles. The minimum absolute atomic E-state index is 0.283. The standard InChI is InChI=1S/C30H28N2O3/c1-20-12-11-17-24(22-13-5-4-6-14-22)28(20)29(34)31-26-18-9-7-16-25(26)30(35)32(3)27-19-10-8-15-23(27)21(2)33/h4-19,21,33H,1-3H3,(H,31,34). The van der Waals surface area contributed by atoms with Crippen LogP contribution in [-0.4, -0.2) is 24.0 Å². The molecule has 0 spiro atoms. The number of para-hydroxylation sites is 2. The molecule has 4 aromatic carbocycles. The smallest absolute Gasteiger partial charge is 0.260 e. The molecule has 5 heteroatoms. The van der Waals surface area contributed by atoms with E-state index in [-0.39, 0.29) is 11.8 Å². The molecule has 0 aliphatic heterocycles. The maximum atomic E-state index is 13.5. The van der Waals surface area contributed by atoms with Gasteiger partial charge in [0.05, 0.1) is 22.9 Å². The fourth-order valence-electron chi connectivity index (χ4n) is 4.23. The molecule has 1 atom stereocenters. The summed E-state index contributed by atoms with van der Waals surface area (Å²) >= 11 is 0. The van der Waals surface area contributed by atoms with E-state index in [0.29, 0.717) is 28.1 Å². The number of nitrogens with zero attached hydrogens (tertiary/aromatic N) is 1. The number of aliphatic hydroxyl groups excluding tert-OH is 1. The molecule has 0 saturated carbocycles. The number of amides is 2. The number of anilines is 2. The molecule has 0 fully saturated rings. The Morgan fingerprint density at radius 3 is 2.23 bits per heavy atom. The second-order valence-corrected chi connectivity index (χ2v) is 8.46. The number of aryl methyl sites for hydroxylation is 1. The zero-order valence-corrected chi connectivity index (χ0v) is 20.0. The van der Waals surface area contributed by atoms with E-state index >= 15 is 0 Å². The molecular formula is C30H28N2O3. The number of carbonyl (C=O) groups excluding carboxylic acids is 2. The highest BCUT2D eigenvalue weighted by molar-refractivity contribution is 6.15. The molecule has 0 aliphatic carbocycles. The molecule has 5 nitrogen and oxygen atoms in total. The molecule has 176 valence electrons. The Hall–Kier alpha value is -4.22. The number of carbonyl (C=O) groups is 2. The van der Waals surface area contributed by atoms with E-state index in [1.165, 1.54) is 4.90 Å². The highest BCUT2D eigenvalue weighted by Crippen LogP contribution is 2.30. The first kappa shape index (κ1) is 23.9. The van der Waals surface area contributed by atoms with Gasteiger partial charge in [-0.3, -0.25) is 9.59 Å². The molecule has 0 radical (unpaired) electrons. The summed E-state index contributed by atoms with van der Waals surface area (Å²) in [5, 5.41) is 13.1. The largest absolute Gasteiger partial charge is 0.389 e. The third kappa shape index (κ3) is 5.00. The summed E-state index contributed by atoms with van der Waals surface area (Å²) in [6.07, 6.45) is -0.728. The third-order valence-electron chi connectivity index (χ3n) is 6.04. The van der Waals surface area contributed by atoms with Gasteiger partial charge in [-0.15, -0.1) is 0 Å². The molecule has 4 rings (SSSR count). The fourth-order valence-corrected chi connectivity index (χ4v) is 4.23. The topological polar surface area (TPSA) is 69.6 Å². The molecule has 2 N–H and O–H groups in total. The van der Waals surface area contributed by atoms with Gasteiger partial charge < -0.3 is 15.3 Å². The number of benzene rings is 4. The van der Waals surface area contributed by atoms with Crippen LogP contribution in [0.1, 0.15) is 44.9 Å². The molecule has 0 bridgehead atoms. The van der Waals surface area contributed by atoms with Gasteiger partial charge in [0.2, 0.25) is 0 Å². The van der Waals surface area contributed by atoms with Crippen LogP contribution in [0.15, 0.2) is 97.1 Å². The van der Waals surface area contributed by atoms with Crippen LogP contribution in [0.3, 0.4) is 0 Å². The van der Waals surface area contributed by atoms with Crippen LogP contribution in [0.2, 0.25) is 0 Å². The fraction of sp³-hybridized carbons (Fsp3) is 0.133. The number of aliphatic hydroxyl groups is 1. The van der Waals surface area contributed by atoms with Crippen LogP contribution >= 0.6 is 0 Å². The van der Waals surface area contributed by atoms with Crippen molar-refractivity contribution in [2.24, 2.45) is 0 Å². The van der Waals surface area contributed by atoms with Gasteiger partial charge in [-0.25, -0.2) is 0 Å². The molecule has 35 heavy (non-hydrogen) atoms. The Morgan fingerprint density at radius 1 is 0.829 bits per heavy atom. The second kappa shape index (κ2) is 10.4. The van der Waals surface area contributed by atoms with Crippen molar-refractivity contribution >= 4 is 23.2 Å². The van der Waals surface area contributed by atoms with E-state index < -0.39 is 6.10 Å². The van der Waals surface area contributed by atoms with Gasteiger partial charge >= 0.3 is 0 Å². The molecule has 1 unspecified atom stereocenters. The molecule has 0 heterocycles. The number of nitrogens with one attached hydrogen (secondary N) is 1. The lowest BCUT2D eigenvalue weighted by molar-refractivity contribution is 0.0993. The van der Waals surface area contributed by atoms with Gasteiger partial charge in [-0.2, -0.15) is 0 Å². The Labute approximate surface area is 205 Å². The highest BCUT2D eigenvalue weighted by atomic mass is 16.3. The van der Waals surface area contributed by atoms with Crippen molar-refractivity contribution in [3.63, 3.8) is 0 Å². The zero-order chi connectivity index (χ0) is 24.9. The van der Waals surface area contributed by atoms with Crippen LogP contribution in [0, 0.1) is 6.92 Å². The SMILES string of the molecule is Cc1cccc(-c2ccccc2)c1C(=O)Nc1ccccc1C(=O)N(C)c1ccccc1C(C)O. The minimum Gasteiger partial charge on any atom is -0.389 e. The lowest BCUT2D eigenvalue weighted by atomic mass is 9.95. The molecular weight excluding hydrogens is 436 g/mol. The molecule has 0 aliphatic rings. The Bertz CT molecular complexity index is 1360. The molecule has 0 saturated heterocycles. The van der Waals surface area contributed by atoms with Crippen molar-refractivity contribution in [2.75, 3.05) is 17.3 Å². The summed E-state index contributed by atoms with van der Waals surface area (Å²) in [5.41, 5.74) is 5.22. The van der Waals surface area contributed by atoms with Gasteiger partial charge in [0, 0.05) is 18.3 Å². The summed E-state index contributed by atoms with van der Waals surface area (Å²) in [4.78, 5) is 28.5. The summed E-state index contributed by atoms with van der Waals surface area (Å²) in [6.45, 7) is 3.57. The van der Waals surface area contributed by atoms with E-state index in [0.717, 1.165) is 16.7 Å². The summed E-state index contributed by atoms with van der Waals surface area (Å²) in [7, 11) is 1.66. The first-order chi connectivity index (χ1) is 16.9. The lowest BCUT2D eigenvalue weighted by Gasteiger charge is -2.23. The van der Waals surface area contributed by atoms with Gasteiger partial charge in [0.25, 0.3) is 11.8 Å². The average molecular weight is 465 g/mol. The minimum atomic E-state index is -0.728. The van der Waals surface area contributed by atoms with Crippen LogP contribution < -0.4 is 10.2 Å². The van der Waals surface area contributed by atoms with E-state index in [4.69, 9.17) is 0 Å². The normalized spacial score (nSPS) is 11.5. The van der Waals surface area contributed by atoms with Crippen molar-refractivity contribution in [2.45, 2.75) is 20.0 Å². The van der Waals surface area contributed by atoms with E-state index in [1.807, 2.05) is 67.6 Å². The summed E-state index contributed by atoms with van der Waals surface area (Å²) in [5.74, 6) is -0.573. The van der Waals surface area contributed by atoms with Crippen LogP contribution in [0.25, 0.3) is 11.1 Å². The van der Waals surface area contributed by atoms with Crippen molar-refractivity contribution in [3.05, 3.63) is 119 Å². The second-order valence-electron chi connectivity index (χ2n) is 8.46. The Kier molecular flexibility index (Phi) is 7.09. The first-order valence-electron chi connectivity index (χ1n) is 11.5. The van der Waals surface area contributed by atoms with Gasteiger partial charge in [-0.05, 0) is 48.7 Å². The molecule has 4 aromatic rings. The van der Waals surface area contributed by atoms with Crippen molar-refractivity contribution in [1.29, 1.82) is 0 Å². The van der Waals surface area contributed by atoms with Gasteiger partial charge in [-0.1, -0.05) is 78.9 Å². The number of hydrogen-bond acceptors (Lipinski definition) is 3. The van der Waals surface area contributed by atoms with Gasteiger partial charge in [0.15, 0.2) is 0 Å². The van der Waals surface area contributed by atoms with Crippen molar-refractivity contribution in [3.8, 4) is 11.1 Å². The average Bonchev–Trinajstić information content (AvgIpc) is 2.88. The predicted octanol–water partition coefficient (Wildman–Crippen LogP) is 6.24. The number of rotatable bonds is 6. The Morgan fingerprint density at radius 2 is 1.49 bits per heavy atom. The van der Waals surface area contributed by atoms with Crippen LogP contribution in [0.5, 0.6) is 0 Å². The van der Waals surface area contributed by atoms with Crippen molar-refractivity contribution in [1.82, 2.24) is 0 Å². The maximum absolute atomic E-state index is 13.5. The predicted molar refractivity (Wildman–Crippen MR) is 141 cm³/mol. The van der Waals surface area contributed by atoms with E-state index in [2.05, 4.69) is 5.32 Å². The number of hydrogen-bond donors (Lipinski definition) is 2. The summed E-state index contributed by atoms with van der Waals surface area (Å²) < 4.78 is 0. The highest BCUT2D eigenvalue weighted by Gasteiger charge is 2.22. The van der Waals surface area contributed by atoms with Crippen LogP contribution in [-0.2, 0) is 0 Å². The third-order valence-corrected chi connectivity index (χ3v) is 6.04. The summed E-state index contributed by atoms with van der Waals surface area (Å²) in [6, 6.07) is 29.7. The maximum Gasteiger partial charge on any atom is 0.260 e. The van der Waals surface area contributed by atoms with Crippen LogP contribution in [0.4, 0.5) is 11.4 Å². The zero-order valence-electron chi connectivity index (χ0n) is 20.0. The monoisotopic (exact) mass is 464 g/mol. The van der Waals surface area contributed by atoms with E-state index in [9.17, 15) is 14.7 Å². The van der Waals surface area contributed by atoms with E-state index in [1.54, 1.807) is 50.4 Å². The lowest BCUT2D eigenvalue weighted by Crippen LogP contribution is -2.29.